The Labute approximate surface area is 97.4 Å². The van der Waals surface area contributed by atoms with Crippen LogP contribution in [0.1, 0.15) is 53.4 Å². The van der Waals surface area contributed by atoms with Crippen LogP contribution in [0.25, 0.3) is 0 Å². The van der Waals surface area contributed by atoms with Crippen LogP contribution in [0.4, 0.5) is 0 Å². The van der Waals surface area contributed by atoms with E-state index in [4.69, 9.17) is 5.11 Å². The number of amides is 1. The number of hydrogen-bond acceptors (Lipinski definition) is 2. The first-order valence-electron chi connectivity index (χ1n) is 5.78. The van der Waals surface area contributed by atoms with Crippen LogP contribution in [0.2, 0.25) is 0 Å². The molecule has 0 aliphatic heterocycles. The third-order valence-electron chi connectivity index (χ3n) is 2.52. The highest BCUT2D eigenvalue weighted by Crippen LogP contribution is 2.22. The highest BCUT2D eigenvalue weighted by Gasteiger charge is 2.25. The number of hydrogen-bond donors (Lipinski definition) is 2. The van der Waals surface area contributed by atoms with Crippen LogP contribution < -0.4 is 5.32 Å². The molecule has 4 heteroatoms. The van der Waals surface area contributed by atoms with Crippen molar-refractivity contribution in [3.8, 4) is 0 Å². The standard InChI is InChI=1S/C12H23NO3/c1-5-6-9(12(2,3)4)13-10(14)7-8-11(15)16/h9H,5-8H2,1-4H3,(H,13,14)(H,15,16). The molecule has 94 valence electrons. The topological polar surface area (TPSA) is 66.4 Å². The van der Waals surface area contributed by atoms with Crippen LogP contribution >= 0.6 is 0 Å². The van der Waals surface area contributed by atoms with Crippen molar-refractivity contribution >= 4 is 11.9 Å². The van der Waals surface area contributed by atoms with E-state index in [2.05, 4.69) is 33.0 Å². The van der Waals surface area contributed by atoms with Gasteiger partial charge in [-0.25, -0.2) is 0 Å². The summed E-state index contributed by atoms with van der Waals surface area (Å²) < 4.78 is 0. The Kier molecular flexibility index (Phi) is 6.08. The van der Waals surface area contributed by atoms with E-state index in [9.17, 15) is 9.59 Å². The Balaban J connectivity index is 4.19. The maximum Gasteiger partial charge on any atom is 0.303 e. The molecule has 0 saturated heterocycles. The summed E-state index contributed by atoms with van der Waals surface area (Å²) in [6.07, 6.45) is 1.88. The summed E-state index contributed by atoms with van der Waals surface area (Å²) in [5.41, 5.74) is 0.00882. The van der Waals surface area contributed by atoms with Gasteiger partial charge in [0.2, 0.25) is 5.91 Å². The number of carboxylic acid groups (broad SMARTS) is 1. The van der Waals surface area contributed by atoms with E-state index >= 15 is 0 Å². The molecule has 1 atom stereocenters. The minimum Gasteiger partial charge on any atom is -0.481 e. The number of carbonyl (C=O) groups excluding carboxylic acids is 1. The van der Waals surface area contributed by atoms with E-state index in [1.54, 1.807) is 0 Å². The molecule has 4 nitrogen and oxygen atoms in total. The monoisotopic (exact) mass is 229 g/mol. The predicted octanol–water partition coefficient (Wildman–Crippen LogP) is 2.18. The smallest absolute Gasteiger partial charge is 0.303 e. The zero-order valence-electron chi connectivity index (χ0n) is 10.7. The molecule has 1 amide bonds. The summed E-state index contributed by atoms with van der Waals surface area (Å²) in [5.74, 6) is -1.10. The third-order valence-corrected chi connectivity index (χ3v) is 2.52. The van der Waals surface area contributed by atoms with Crippen molar-refractivity contribution in [1.29, 1.82) is 0 Å². The summed E-state index contributed by atoms with van der Waals surface area (Å²) in [6.45, 7) is 8.29. The van der Waals surface area contributed by atoms with Crippen molar-refractivity contribution < 1.29 is 14.7 Å². The van der Waals surface area contributed by atoms with Gasteiger partial charge in [-0.3, -0.25) is 9.59 Å². The van der Waals surface area contributed by atoms with E-state index in [-0.39, 0.29) is 30.2 Å². The second kappa shape index (κ2) is 6.51. The first-order valence-corrected chi connectivity index (χ1v) is 5.78. The van der Waals surface area contributed by atoms with Gasteiger partial charge in [-0.05, 0) is 11.8 Å². The normalized spacial score (nSPS) is 13.2. The highest BCUT2D eigenvalue weighted by atomic mass is 16.4. The van der Waals surface area contributed by atoms with E-state index in [0.29, 0.717) is 0 Å². The lowest BCUT2D eigenvalue weighted by Gasteiger charge is -2.31. The Morgan fingerprint density at radius 2 is 1.81 bits per heavy atom. The van der Waals surface area contributed by atoms with Crippen molar-refractivity contribution in [2.75, 3.05) is 0 Å². The van der Waals surface area contributed by atoms with Gasteiger partial charge < -0.3 is 10.4 Å². The summed E-state index contributed by atoms with van der Waals surface area (Å²) in [5, 5.41) is 11.4. The van der Waals surface area contributed by atoms with Crippen LogP contribution in [-0.2, 0) is 9.59 Å². The lowest BCUT2D eigenvalue weighted by molar-refractivity contribution is -0.139. The molecule has 0 radical (unpaired) electrons. The minimum absolute atomic E-state index is 0.00882. The van der Waals surface area contributed by atoms with E-state index < -0.39 is 5.97 Å². The molecule has 0 rings (SSSR count). The van der Waals surface area contributed by atoms with Crippen molar-refractivity contribution in [3.63, 3.8) is 0 Å². The quantitative estimate of drug-likeness (QED) is 0.733. The molecular formula is C12H23NO3. The van der Waals surface area contributed by atoms with Gasteiger partial charge in [-0.15, -0.1) is 0 Å². The van der Waals surface area contributed by atoms with Crippen molar-refractivity contribution in [1.82, 2.24) is 5.32 Å². The lowest BCUT2D eigenvalue weighted by Crippen LogP contribution is -2.43. The molecule has 1 unspecified atom stereocenters. The maximum atomic E-state index is 11.5. The van der Waals surface area contributed by atoms with Gasteiger partial charge in [0, 0.05) is 12.5 Å². The van der Waals surface area contributed by atoms with Crippen molar-refractivity contribution in [2.45, 2.75) is 59.4 Å². The molecule has 16 heavy (non-hydrogen) atoms. The largest absolute Gasteiger partial charge is 0.481 e. The van der Waals surface area contributed by atoms with Gasteiger partial charge in [0.25, 0.3) is 0 Å². The molecule has 0 heterocycles. The van der Waals surface area contributed by atoms with Gasteiger partial charge in [0.15, 0.2) is 0 Å². The minimum atomic E-state index is -0.932. The van der Waals surface area contributed by atoms with Gasteiger partial charge in [0.05, 0.1) is 6.42 Å². The Hall–Kier alpha value is -1.06. The van der Waals surface area contributed by atoms with Gasteiger partial charge >= 0.3 is 5.97 Å². The predicted molar refractivity (Wildman–Crippen MR) is 63.2 cm³/mol. The fourth-order valence-corrected chi connectivity index (χ4v) is 1.50. The SMILES string of the molecule is CCCC(NC(=O)CCC(=O)O)C(C)(C)C. The maximum absolute atomic E-state index is 11.5. The molecule has 0 bridgehead atoms. The average Bonchev–Trinajstić information content (AvgIpc) is 2.12. The van der Waals surface area contributed by atoms with Gasteiger partial charge in [0.1, 0.15) is 0 Å². The average molecular weight is 229 g/mol. The number of carboxylic acids is 1. The highest BCUT2D eigenvalue weighted by molar-refractivity contribution is 5.80. The van der Waals surface area contributed by atoms with Gasteiger partial charge in [-0.2, -0.15) is 0 Å². The fraction of sp³-hybridized carbons (Fsp3) is 0.833. The van der Waals surface area contributed by atoms with Crippen LogP contribution in [0.5, 0.6) is 0 Å². The molecule has 0 aliphatic carbocycles. The Morgan fingerprint density at radius 3 is 2.19 bits per heavy atom. The second-order valence-electron chi connectivity index (χ2n) is 5.17. The molecule has 0 aromatic rings. The number of rotatable bonds is 6. The number of aliphatic carboxylic acids is 1. The summed E-state index contributed by atoms with van der Waals surface area (Å²) in [6, 6.07) is 0.110. The molecule has 0 aromatic heterocycles. The van der Waals surface area contributed by atoms with Crippen LogP contribution in [0, 0.1) is 5.41 Å². The number of nitrogens with one attached hydrogen (secondary N) is 1. The van der Waals surface area contributed by atoms with Crippen molar-refractivity contribution in [3.05, 3.63) is 0 Å². The first-order chi connectivity index (χ1) is 7.27. The van der Waals surface area contributed by atoms with E-state index in [1.165, 1.54) is 0 Å². The summed E-state index contributed by atoms with van der Waals surface area (Å²) in [4.78, 5) is 21.8. The second-order valence-corrected chi connectivity index (χ2v) is 5.17. The lowest BCUT2D eigenvalue weighted by atomic mass is 9.84. The molecule has 0 aromatic carbocycles. The van der Waals surface area contributed by atoms with Crippen molar-refractivity contribution in [2.24, 2.45) is 5.41 Å². The Morgan fingerprint density at radius 1 is 1.25 bits per heavy atom. The summed E-state index contributed by atoms with van der Waals surface area (Å²) >= 11 is 0. The van der Waals surface area contributed by atoms with Crippen LogP contribution in [-0.4, -0.2) is 23.0 Å². The molecule has 2 N–H and O–H groups in total. The third kappa shape index (κ3) is 6.43. The molecule has 0 saturated carbocycles. The number of carbonyl (C=O) groups is 2. The first kappa shape index (κ1) is 14.9. The van der Waals surface area contributed by atoms with E-state index in [1.807, 2.05) is 0 Å². The molecular weight excluding hydrogens is 206 g/mol. The molecule has 0 aliphatic rings. The Bertz CT molecular complexity index is 243. The molecule has 0 spiro atoms. The molecule has 0 fully saturated rings. The van der Waals surface area contributed by atoms with Crippen LogP contribution in [0.3, 0.4) is 0 Å². The zero-order chi connectivity index (χ0) is 12.8. The summed E-state index contributed by atoms with van der Waals surface area (Å²) in [7, 11) is 0. The zero-order valence-corrected chi connectivity index (χ0v) is 10.7. The van der Waals surface area contributed by atoms with Crippen LogP contribution in [0.15, 0.2) is 0 Å². The van der Waals surface area contributed by atoms with Gasteiger partial charge in [-0.1, -0.05) is 34.1 Å². The van der Waals surface area contributed by atoms with E-state index in [0.717, 1.165) is 12.8 Å². The fourth-order valence-electron chi connectivity index (χ4n) is 1.50.